The maximum atomic E-state index is 11.5. The molecule has 0 radical (unpaired) electrons. The number of carboxylic acid groups (broad SMARTS) is 1. The molecule has 0 amide bonds. The molecule has 0 bridgehead atoms. The zero-order chi connectivity index (χ0) is 11.1. The van der Waals surface area contributed by atoms with Gasteiger partial charge in [-0.05, 0) is 0 Å². The highest BCUT2D eigenvalue weighted by Crippen LogP contribution is 1.98. The molecule has 1 aromatic rings. The molecule has 0 aliphatic carbocycles. The summed E-state index contributed by atoms with van der Waals surface area (Å²) in [5.74, 6) is -0.893. The Morgan fingerprint density at radius 3 is 2.47 bits per heavy atom. The second kappa shape index (κ2) is 5.93. The van der Waals surface area contributed by atoms with Gasteiger partial charge < -0.3 is 10.4 Å². The minimum atomic E-state index is -0.866. The van der Waals surface area contributed by atoms with Gasteiger partial charge in [-0.15, -0.1) is 0 Å². The zero-order valence-electron chi connectivity index (χ0n) is 8.27. The lowest BCUT2D eigenvalue weighted by molar-refractivity contribution is -0.136. The normalized spacial score (nSPS) is 9.87. The molecule has 0 aliphatic rings. The highest BCUT2D eigenvalue weighted by atomic mass is 16.4. The minimum absolute atomic E-state index is 0.0269. The van der Waals surface area contributed by atoms with Crippen molar-refractivity contribution in [2.45, 2.75) is 6.42 Å². The summed E-state index contributed by atoms with van der Waals surface area (Å²) in [6.07, 6.45) is 0.0298. The molecule has 0 saturated heterocycles. The first-order valence-electron chi connectivity index (χ1n) is 4.71. The van der Waals surface area contributed by atoms with E-state index in [1.807, 2.05) is 6.07 Å². The molecule has 0 fully saturated rings. The van der Waals surface area contributed by atoms with Crippen LogP contribution in [0.15, 0.2) is 30.3 Å². The molecule has 0 saturated carbocycles. The second-order valence-corrected chi connectivity index (χ2v) is 3.11. The first-order valence-corrected chi connectivity index (χ1v) is 4.71. The van der Waals surface area contributed by atoms with Gasteiger partial charge in [0.15, 0.2) is 5.78 Å². The van der Waals surface area contributed by atoms with E-state index < -0.39 is 5.97 Å². The Kier molecular flexibility index (Phi) is 4.50. The number of aliphatic carboxylic acids is 1. The number of rotatable bonds is 6. The van der Waals surface area contributed by atoms with Crippen LogP contribution in [0, 0.1) is 0 Å². The van der Waals surface area contributed by atoms with Crippen molar-refractivity contribution in [1.82, 2.24) is 5.32 Å². The summed E-state index contributed by atoms with van der Waals surface area (Å²) in [6, 6.07) is 8.91. The first-order chi connectivity index (χ1) is 7.20. The van der Waals surface area contributed by atoms with Gasteiger partial charge in [0.25, 0.3) is 0 Å². The molecule has 15 heavy (non-hydrogen) atoms. The maximum Gasteiger partial charge on any atom is 0.304 e. The van der Waals surface area contributed by atoms with E-state index in [1.165, 1.54) is 0 Å². The van der Waals surface area contributed by atoms with E-state index >= 15 is 0 Å². The number of carboxylic acids is 1. The van der Waals surface area contributed by atoms with Crippen LogP contribution in [0.25, 0.3) is 0 Å². The van der Waals surface area contributed by atoms with Gasteiger partial charge in [0, 0.05) is 12.1 Å². The summed E-state index contributed by atoms with van der Waals surface area (Å²) in [6.45, 7) is 0.491. The molecule has 0 heterocycles. The number of hydrogen-bond donors (Lipinski definition) is 2. The van der Waals surface area contributed by atoms with Gasteiger partial charge in [-0.1, -0.05) is 30.3 Å². The fourth-order valence-electron chi connectivity index (χ4n) is 1.12. The Hall–Kier alpha value is -1.68. The number of carbonyl (C=O) groups is 2. The molecule has 2 N–H and O–H groups in total. The number of carbonyl (C=O) groups excluding carboxylic acids is 1. The van der Waals surface area contributed by atoms with Crippen LogP contribution < -0.4 is 5.32 Å². The summed E-state index contributed by atoms with van der Waals surface area (Å²) in [4.78, 5) is 21.7. The summed E-state index contributed by atoms with van der Waals surface area (Å²) in [5.41, 5.74) is 0.639. The molecule has 4 nitrogen and oxygen atoms in total. The quantitative estimate of drug-likeness (QED) is 0.538. The molecular weight excluding hydrogens is 194 g/mol. The van der Waals surface area contributed by atoms with Crippen LogP contribution in [0.2, 0.25) is 0 Å². The van der Waals surface area contributed by atoms with Crippen molar-refractivity contribution in [3.8, 4) is 0 Å². The van der Waals surface area contributed by atoms with Crippen molar-refractivity contribution in [3.05, 3.63) is 35.9 Å². The van der Waals surface area contributed by atoms with E-state index in [0.29, 0.717) is 12.1 Å². The number of hydrogen-bond acceptors (Lipinski definition) is 3. The van der Waals surface area contributed by atoms with Crippen LogP contribution in [-0.2, 0) is 4.79 Å². The SMILES string of the molecule is O=C(O)CCNCC(=O)c1ccccc1. The molecule has 0 unspecified atom stereocenters. The van der Waals surface area contributed by atoms with Crippen molar-refractivity contribution in [2.75, 3.05) is 13.1 Å². The highest BCUT2D eigenvalue weighted by molar-refractivity contribution is 5.97. The largest absolute Gasteiger partial charge is 0.481 e. The fraction of sp³-hybridized carbons (Fsp3) is 0.273. The van der Waals surface area contributed by atoms with Gasteiger partial charge in [0.05, 0.1) is 13.0 Å². The Morgan fingerprint density at radius 2 is 1.87 bits per heavy atom. The van der Waals surface area contributed by atoms with Gasteiger partial charge in [-0.2, -0.15) is 0 Å². The van der Waals surface area contributed by atoms with E-state index in [2.05, 4.69) is 5.32 Å². The van der Waals surface area contributed by atoms with Crippen molar-refractivity contribution < 1.29 is 14.7 Å². The number of benzene rings is 1. The van der Waals surface area contributed by atoms with Crippen LogP contribution in [0.5, 0.6) is 0 Å². The van der Waals surface area contributed by atoms with E-state index in [9.17, 15) is 9.59 Å². The van der Waals surface area contributed by atoms with E-state index in [1.54, 1.807) is 24.3 Å². The lowest BCUT2D eigenvalue weighted by Gasteiger charge is -2.02. The monoisotopic (exact) mass is 207 g/mol. The standard InChI is InChI=1S/C11H13NO3/c13-10(8-12-7-6-11(14)15)9-4-2-1-3-5-9/h1-5,12H,6-8H2,(H,14,15). The molecular formula is C11H13NO3. The predicted octanol–water partition coefficient (Wildman–Crippen LogP) is 0.934. The minimum Gasteiger partial charge on any atom is -0.481 e. The van der Waals surface area contributed by atoms with Crippen LogP contribution in [0.3, 0.4) is 0 Å². The van der Waals surface area contributed by atoms with Crippen molar-refractivity contribution in [2.24, 2.45) is 0 Å². The Balaban J connectivity index is 2.28. The molecule has 0 aliphatic heterocycles. The van der Waals surface area contributed by atoms with Crippen LogP contribution in [0.4, 0.5) is 0 Å². The molecule has 4 heteroatoms. The van der Waals surface area contributed by atoms with Gasteiger partial charge >= 0.3 is 5.97 Å². The lowest BCUT2D eigenvalue weighted by atomic mass is 10.1. The summed E-state index contributed by atoms with van der Waals surface area (Å²) >= 11 is 0. The number of nitrogens with one attached hydrogen (secondary N) is 1. The average Bonchev–Trinajstić information content (AvgIpc) is 2.25. The summed E-state index contributed by atoms with van der Waals surface area (Å²) in [5, 5.41) is 11.2. The topological polar surface area (TPSA) is 66.4 Å². The highest BCUT2D eigenvalue weighted by Gasteiger charge is 2.04. The van der Waals surface area contributed by atoms with E-state index in [0.717, 1.165) is 0 Å². The summed E-state index contributed by atoms with van der Waals surface area (Å²) < 4.78 is 0. The zero-order valence-corrected chi connectivity index (χ0v) is 8.27. The van der Waals surface area contributed by atoms with Gasteiger partial charge in [0.1, 0.15) is 0 Å². The maximum absolute atomic E-state index is 11.5. The van der Waals surface area contributed by atoms with Crippen LogP contribution in [-0.4, -0.2) is 29.9 Å². The summed E-state index contributed by atoms with van der Waals surface area (Å²) in [7, 11) is 0. The Labute approximate surface area is 87.9 Å². The van der Waals surface area contributed by atoms with Crippen molar-refractivity contribution >= 4 is 11.8 Å². The van der Waals surface area contributed by atoms with Gasteiger partial charge in [0.2, 0.25) is 0 Å². The fourth-order valence-corrected chi connectivity index (χ4v) is 1.12. The average molecular weight is 207 g/mol. The predicted molar refractivity (Wildman–Crippen MR) is 55.9 cm³/mol. The molecule has 1 aromatic carbocycles. The third-order valence-electron chi connectivity index (χ3n) is 1.90. The molecule has 0 aromatic heterocycles. The van der Waals surface area contributed by atoms with Gasteiger partial charge in [-0.3, -0.25) is 9.59 Å². The Bertz CT molecular complexity index is 335. The third-order valence-corrected chi connectivity index (χ3v) is 1.90. The lowest BCUT2D eigenvalue weighted by Crippen LogP contribution is -2.25. The van der Waals surface area contributed by atoms with E-state index in [-0.39, 0.29) is 18.7 Å². The Morgan fingerprint density at radius 1 is 1.20 bits per heavy atom. The second-order valence-electron chi connectivity index (χ2n) is 3.11. The van der Waals surface area contributed by atoms with Crippen molar-refractivity contribution in [1.29, 1.82) is 0 Å². The third kappa shape index (κ3) is 4.37. The van der Waals surface area contributed by atoms with Crippen molar-refractivity contribution in [3.63, 3.8) is 0 Å². The van der Waals surface area contributed by atoms with E-state index in [4.69, 9.17) is 5.11 Å². The van der Waals surface area contributed by atoms with Crippen LogP contribution in [0.1, 0.15) is 16.8 Å². The first kappa shape index (κ1) is 11.4. The molecule has 0 atom stereocenters. The molecule has 80 valence electrons. The molecule has 1 rings (SSSR count). The molecule has 0 spiro atoms. The number of ketones is 1. The smallest absolute Gasteiger partial charge is 0.304 e. The van der Waals surface area contributed by atoms with Crippen LogP contribution >= 0.6 is 0 Å². The van der Waals surface area contributed by atoms with Gasteiger partial charge in [-0.25, -0.2) is 0 Å². The number of Topliss-reactive ketones (excluding diaryl/α,β-unsaturated/α-hetero) is 1.